The number of methoxy groups -OCH3 is 1. The van der Waals surface area contributed by atoms with Crippen molar-refractivity contribution in [1.82, 2.24) is 25.5 Å². The van der Waals surface area contributed by atoms with Gasteiger partial charge in [-0.1, -0.05) is 36.4 Å². The van der Waals surface area contributed by atoms with Crippen LogP contribution in [-0.2, 0) is 30.0 Å². The van der Waals surface area contributed by atoms with Crippen molar-refractivity contribution in [3.8, 4) is 6.07 Å². The molecule has 1 fully saturated rings. The van der Waals surface area contributed by atoms with E-state index in [1.54, 1.807) is 31.5 Å². The zero-order valence-corrected chi connectivity index (χ0v) is 27.4. The second-order valence-corrected chi connectivity index (χ2v) is 12.5. The Morgan fingerprint density at radius 1 is 1.27 bits per heavy atom. The number of nitrogens with zero attached hydrogens (tertiary/aromatic N) is 4. The Morgan fingerprint density at radius 3 is 2.81 bits per heavy atom. The maximum atomic E-state index is 14.1. The molecule has 1 aliphatic carbocycles. The maximum absolute atomic E-state index is 14.1. The summed E-state index contributed by atoms with van der Waals surface area (Å²) in [5.41, 5.74) is 4.64. The summed E-state index contributed by atoms with van der Waals surface area (Å²) in [4.78, 5) is 25.4. The Hall–Kier alpha value is -4.44. The van der Waals surface area contributed by atoms with Crippen molar-refractivity contribution in [3.05, 3.63) is 112 Å². The molecule has 3 heterocycles. The first-order valence-electron chi connectivity index (χ1n) is 15.7. The van der Waals surface area contributed by atoms with Crippen LogP contribution in [0.3, 0.4) is 0 Å². The van der Waals surface area contributed by atoms with Crippen LogP contribution in [0.4, 0.5) is 4.39 Å². The molecule has 248 valence electrons. The number of fused-ring (bicyclic) bond motifs is 1. The fraction of sp³-hybridized carbons (Fsp3) is 0.333. The van der Waals surface area contributed by atoms with Crippen LogP contribution in [-0.4, -0.2) is 70.8 Å². The van der Waals surface area contributed by atoms with E-state index in [4.69, 9.17) is 30.8 Å². The molecular weight excluding hydrogens is 635 g/mol. The van der Waals surface area contributed by atoms with Crippen LogP contribution in [0.2, 0.25) is 0 Å². The molecule has 1 amide bonds. The number of carbonyl (C=O) groups is 1. The number of allylic oxidation sites excluding steroid dienone is 2. The van der Waals surface area contributed by atoms with Gasteiger partial charge in [0.2, 0.25) is 5.89 Å². The summed E-state index contributed by atoms with van der Waals surface area (Å²) in [6.07, 6.45) is 6.22. The number of oxazole rings is 1. The summed E-state index contributed by atoms with van der Waals surface area (Å²) in [7, 11) is 1.57. The molecule has 1 aliphatic heterocycles. The fourth-order valence-corrected chi connectivity index (χ4v) is 6.58. The number of likely N-dealkylation sites (tertiary alicyclic amines) is 1. The van der Waals surface area contributed by atoms with E-state index in [0.717, 1.165) is 33.4 Å². The highest BCUT2D eigenvalue weighted by Crippen LogP contribution is 2.43. The molecule has 3 N–H and O–H groups in total. The third-order valence-electron chi connectivity index (χ3n) is 8.65. The van der Waals surface area contributed by atoms with Gasteiger partial charge in [0.05, 0.1) is 24.2 Å². The van der Waals surface area contributed by atoms with E-state index in [2.05, 4.69) is 21.7 Å². The number of amides is 1. The molecule has 0 bridgehead atoms. The maximum Gasteiger partial charge on any atom is 0.271 e. The summed E-state index contributed by atoms with van der Waals surface area (Å²) in [6.45, 7) is 4.22. The highest BCUT2D eigenvalue weighted by Gasteiger charge is 2.47. The number of aliphatic hydroxyl groups is 1. The smallest absolute Gasteiger partial charge is 0.271 e. The van der Waals surface area contributed by atoms with Crippen molar-refractivity contribution >= 4 is 34.2 Å². The molecule has 2 atom stereocenters. The normalized spacial score (nSPS) is 19.6. The molecule has 10 nitrogen and oxygen atoms in total. The molecule has 2 aromatic carbocycles. The summed E-state index contributed by atoms with van der Waals surface area (Å²) in [5, 5.41) is 24.6. The van der Waals surface area contributed by atoms with Gasteiger partial charge in [0.15, 0.2) is 11.1 Å². The van der Waals surface area contributed by atoms with Crippen LogP contribution in [0.5, 0.6) is 0 Å². The van der Waals surface area contributed by atoms with Gasteiger partial charge in [0.25, 0.3) is 5.91 Å². The minimum Gasteiger partial charge on any atom is -0.436 e. The molecule has 0 spiro atoms. The number of ether oxygens (including phenoxy) is 1. The third kappa shape index (κ3) is 6.63. The predicted octanol–water partition coefficient (Wildman–Crippen LogP) is 4.67. The van der Waals surface area contributed by atoms with E-state index < -0.39 is 23.0 Å². The minimum atomic E-state index is -1.49. The van der Waals surface area contributed by atoms with Crippen LogP contribution >= 0.6 is 11.6 Å². The number of aromatic nitrogens is 2. The average Bonchev–Trinajstić information content (AvgIpc) is 3.51. The first-order chi connectivity index (χ1) is 23.3. The number of pyridine rings is 1. The molecule has 2 aromatic heterocycles. The van der Waals surface area contributed by atoms with E-state index in [-0.39, 0.29) is 35.9 Å². The number of hydrogen-bond acceptors (Lipinski definition) is 9. The molecule has 4 aromatic rings. The van der Waals surface area contributed by atoms with Crippen molar-refractivity contribution in [1.29, 1.82) is 5.26 Å². The van der Waals surface area contributed by atoms with Crippen molar-refractivity contribution in [2.24, 2.45) is 0 Å². The first-order valence-corrected chi connectivity index (χ1v) is 16.1. The number of carbonyl (C=O) groups excluding carboxylic acids is 1. The zero-order chi connectivity index (χ0) is 33.8. The largest absolute Gasteiger partial charge is 0.436 e. The number of alkyl halides is 2. The van der Waals surface area contributed by atoms with Crippen molar-refractivity contribution in [2.45, 2.75) is 43.7 Å². The highest BCUT2D eigenvalue weighted by molar-refractivity contribution is 6.28. The summed E-state index contributed by atoms with van der Waals surface area (Å²) in [6, 6.07) is 15.2. The molecular formula is C36H36ClFN6O4. The number of rotatable bonds is 12. The lowest BCUT2D eigenvalue weighted by atomic mass is 9.81. The van der Waals surface area contributed by atoms with Crippen LogP contribution < -0.4 is 10.6 Å². The minimum absolute atomic E-state index is 0.00727. The summed E-state index contributed by atoms with van der Waals surface area (Å²) < 4.78 is 25.3. The monoisotopic (exact) mass is 670 g/mol. The molecule has 0 radical (unpaired) electrons. The van der Waals surface area contributed by atoms with Crippen molar-refractivity contribution in [2.75, 3.05) is 33.4 Å². The lowest BCUT2D eigenvalue weighted by molar-refractivity contribution is 0.0591. The first kappa shape index (κ1) is 33.5. The van der Waals surface area contributed by atoms with Crippen LogP contribution in [0.25, 0.3) is 16.7 Å². The summed E-state index contributed by atoms with van der Waals surface area (Å²) >= 11 is 7.39. The second-order valence-electron chi connectivity index (χ2n) is 12.1. The molecule has 6 rings (SSSR count). The Kier molecular flexibility index (Phi) is 10.0. The zero-order valence-electron chi connectivity index (χ0n) is 26.7. The Balaban J connectivity index is 1.42. The number of aryl methyl sites for hydroxylation is 1. The van der Waals surface area contributed by atoms with E-state index in [1.807, 2.05) is 54.3 Å². The van der Waals surface area contributed by atoms with Gasteiger partial charge in [-0.2, -0.15) is 5.26 Å². The van der Waals surface area contributed by atoms with Gasteiger partial charge in [-0.25, -0.2) is 9.37 Å². The highest BCUT2D eigenvalue weighted by atomic mass is 35.5. The number of benzene rings is 2. The fourth-order valence-electron chi connectivity index (χ4n) is 6.17. The second kappa shape index (κ2) is 14.4. The lowest BCUT2D eigenvalue weighted by Crippen LogP contribution is -2.52. The predicted molar refractivity (Wildman–Crippen MR) is 180 cm³/mol. The van der Waals surface area contributed by atoms with Crippen molar-refractivity contribution < 1.29 is 23.4 Å². The quantitative estimate of drug-likeness (QED) is 0.145. The number of nitrogens with one attached hydrogen (secondary N) is 2. The third-order valence-corrected chi connectivity index (χ3v) is 9.23. The molecule has 0 saturated carbocycles. The van der Waals surface area contributed by atoms with Gasteiger partial charge in [-0.3, -0.25) is 14.7 Å². The Morgan fingerprint density at radius 2 is 2.08 bits per heavy atom. The van der Waals surface area contributed by atoms with Gasteiger partial charge in [-0.15, -0.1) is 11.6 Å². The number of hydrogen-bond donors (Lipinski definition) is 3. The van der Waals surface area contributed by atoms with E-state index in [0.29, 0.717) is 38.2 Å². The molecule has 2 unspecified atom stereocenters. The molecule has 12 heteroatoms. The van der Waals surface area contributed by atoms with Crippen LogP contribution in [0.15, 0.2) is 71.3 Å². The lowest BCUT2D eigenvalue weighted by Gasteiger charge is -2.36. The molecule has 2 aliphatic rings. The molecule has 48 heavy (non-hydrogen) atoms. The van der Waals surface area contributed by atoms with Gasteiger partial charge in [0, 0.05) is 46.0 Å². The molecule has 1 saturated heterocycles. The Labute approximate surface area is 282 Å². The SMILES string of the molecule is COCc1cc(C(=O)NC2(c3nc4cc(CN5CC(F)C5)cc(C#N)c4o3)C=CC=C(c3ccccc3C)C2Cl)ncc1CNCCO. The Bertz CT molecular complexity index is 1930. The average molecular weight is 671 g/mol. The van der Waals surface area contributed by atoms with Crippen LogP contribution in [0, 0.1) is 18.3 Å². The van der Waals surface area contributed by atoms with Crippen molar-refractivity contribution in [3.63, 3.8) is 0 Å². The van der Waals surface area contributed by atoms with E-state index in [9.17, 15) is 14.4 Å². The van der Waals surface area contributed by atoms with Crippen LogP contribution in [0.1, 0.15) is 49.8 Å². The number of aliphatic hydroxyl groups excluding tert-OH is 1. The number of nitriles is 1. The van der Waals surface area contributed by atoms with E-state index >= 15 is 0 Å². The standard InChI is InChI=1S/C36H36ClFN6O4/c1-22-6-3-4-7-28(22)29-8-5-9-36(33(29)37,43-34(46)31-14-25(21-47-2)26(17-41-31)16-40-10-11-45)35-42-30-13-23(18-44-19-27(38)20-44)12-24(15-39)32(30)48-35/h3-9,12-14,17,27,33,40,45H,10-11,16,18-21H2,1-2H3,(H,43,46). The van der Waals surface area contributed by atoms with Gasteiger partial charge < -0.3 is 24.9 Å². The topological polar surface area (TPSA) is 137 Å². The van der Waals surface area contributed by atoms with Gasteiger partial charge >= 0.3 is 0 Å². The van der Waals surface area contributed by atoms with Gasteiger partial charge in [-0.05, 0) is 64.6 Å². The van der Waals surface area contributed by atoms with Gasteiger partial charge in [0.1, 0.15) is 23.5 Å². The number of halogens is 2. The van der Waals surface area contributed by atoms with E-state index in [1.165, 1.54) is 0 Å². The summed E-state index contributed by atoms with van der Waals surface area (Å²) in [5.74, 6) is -0.421.